The molecule has 2 aliphatic heterocycles. The minimum atomic E-state index is -0.0858. The lowest BCUT2D eigenvalue weighted by Crippen LogP contribution is -2.52. The summed E-state index contributed by atoms with van der Waals surface area (Å²) in [5, 5.41) is 3.26. The van der Waals surface area contributed by atoms with Gasteiger partial charge in [0.05, 0.1) is 20.3 Å². The molecule has 6 nitrogen and oxygen atoms in total. The van der Waals surface area contributed by atoms with E-state index in [4.69, 9.17) is 9.47 Å². The molecule has 3 rings (SSSR count). The summed E-state index contributed by atoms with van der Waals surface area (Å²) in [5.74, 6) is 2.21. The second kappa shape index (κ2) is 10.4. The van der Waals surface area contributed by atoms with Gasteiger partial charge in [-0.15, -0.1) is 0 Å². The van der Waals surface area contributed by atoms with Crippen LogP contribution in [0.2, 0.25) is 0 Å². The van der Waals surface area contributed by atoms with Gasteiger partial charge in [-0.3, -0.25) is 0 Å². The van der Waals surface area contributed by atoms with E-state index < -0.39 is 0 Å². The highest BCUT2D eigenvalue weighted by atomic mass is 16.5. The predicted molar refractivity (Wildman–Crippen MR) is 120 cm³/mol. The molecule has 30 heavy (non-hydrogen) atoms. The maximum atomic E-state index is 13.1. The predicted octanol–water partition coefficient (Wildman–Crippen LogP) is 4.31. The summed E-state index contributed by atoms with van der Waals surface area (Å²) in [5.41, 5.74) is 1.03. The zero-order valence-electron chi connectivity index (χ0n) is 19.3. The molecule has 0 spiro atoms. The van der Waals surface area contributed by atoms with Crippen LogP contribution in [0.15, 0.2) is 18.2 Å². The molecular weight excluding hydrogens is 378 g/mol. The Hall–Kier alpha value is -1.95. The van der Waals surface area contributed by atoms with E-state index in [1.807, 2.05) is 30.1 Å². The summed E-state index contributed by atoms with van der Waals surface area (Å²) in [7, 11) is 5.20. The number of hydrogen-bond donors (Lipinski definition) is 1. The van der Waals surface area contributed by atoms with Gasteiger partial charge in [0, 0.05) is 19.6 Å². The number of carbonyl (C=O) groups excluding carboxylic acids is 1. The highest BCUT2D eigenvalue weighted by Gasteiger charge is 2.34. The molecule has 0 saturated carbocycles. The third-order valence-electron chi connectivity index (χ3n) is 6.80. The van der Waals surface area contributed by atoms with Crippen molar-refractivity contribution in [3.05, 3.63) is 23.8 Å². The lowest BCUT2D eigenvalue weighted by Gasteiger charge is -2.45. The summed E-state index contributed by atoms with van der Waals surface area (Å²) in [6.07, 6.45) is 6.39. The molecule has 2 amide bonds. The second-order valence-corrected chi connectivity index (χ2v) is 9.17. The first kappa shape index (κ1) is 22.7. The van der Waals surface area contributed by atoms with Gasteiger partial charge in [0.1, 0.15) is 0 Å². The maximum absolute atomic E-state index is 13.1. The molecule has 0 bridgehead atoms. The molecule has 0 unspecified atom stereocenters. The molecule has 0 aliphatic carbocycles. The van der Waals surface area contributed by atoms with E-state index in [0.717, 1.165) is 12.1 Å². The summed E-state index contributed by atoms with van der Waals surface area (Å²) in [6.45, 7) is 7.53. The third-order valence-corrected chi connectivity index (χ3v) is 6.80. The minimum absolute atomic E-state index is 0.00332. The number of nitrogens with one attached hydrogen (secondary N) is 1. The van der Waals surface area contributed by atoms with Gasteiger partial charge in [-0.05, 0) is 68.3 Å². The first-order chi connectivity index (χ1) is 14.4. The van der Waals surface area contributed by atoms with Gasteiger partial charge in [0.15, 0.2) is 11.5 Å². The Kier molecular flexibility index (Phi) is 7.87. The van der Waals surface area contributed by atoms with Gasteiger partial charge in [0.25, 0.3) is 0 Å². The number of rotatable bonds is 7. The summed E-state index contributed by atoms with van der Waals surface area (Å²) < 4.78 is 10.8. The van der Waals surface area contributed by atoms with Crippen molar-refractivity contribution in [2.24, 2.45) is 11.8 Å². The van der Waals surface area contributed by atoms with Crippen LogP contribution in [0.5, 0.6) is 11.5 Å². The van der Waals surface area contributed by atoms with Gasteiger partial charge >= 0.3 is 6.03 Å². The Balaban J connectivity index is 1.66. The average Bonchev–Trinajstić information content (AvgIpc) is 2.76. The topological polar surface area (TPSA) is 54.0 Å². The Morgan fingerprint density at radius 1 is 1.13 bits per heavy atom. The minimum Gasteiger partial charge on any atom is -0.493 e. The normalized spacial score (nSPS) is 22.9. The number of carbonyl (C=O) groups is 1. The number of amides is 2. The monoisotopic (exact) mass is 417 g/mol. The maximum Gasteiger partial charge on any atom is 0.317 e. The molecule has 2 fully saturated rings. The van der Waals surface area contributed by atoms with Crippen LogP contribution in [0.3, 0.4) is 0 Å². The first-order valence-corrected chi connectivity index (χ1v) is 11.4. The average molecular weight is 418 g/mol. The Labute approximate surface area is 181 Å². The molecule has 2 saturated heterocycles. The molecule has 1 N–H and O–H groups in total. The molecule has 3 atom stereocenters. The summed E-state index contributed by atoms with van der Waals surface area (Å²) in [4.78, 5) is 17.6. The zero-order valence-corrected chi connectivity index (χ0v) is 19.3. The molecule has 6 heteroatoms. The van der Waals surface area contributed by atoms with Crippen LogP contribution < -0.4 is 14.8 Å². The van der Waals surface area contributed by atoms with Crippen molar-refractivity contribution in [2.75, 3.05) is 40.9 Å². The summed E-state index contributed by atoms with van der Waals surface area (Å²) >= 11 is 0. The van der Waals surface area contributed by atoms with E-state index in [0.29, 0.717) is 23.5 Å². The number of benzene rings is 1. The number of methoxy groups -OCH3 is 2. The SMILES string of the molecule is COc1ccc([C@H](NC(=O)N(C)C[C@@H]2CCCN3CCCC[C@H]23)C(C)C)cc1OC. The van der Waals surface area contributed by atoms with Crippen molar-refractivity contribution in [3.63, 3.8) is 0 Å². The number of ether oxygens (including phenoxy) is 2. The smallest absolute Gasteiger partial charge is 0.317 e. The van der Waals surface area contributed by atoms with E-state index >= 15 is 0 Å². The quantitative estimate of drug-likeness (QED) is 0.718. The van der Waals surface area contributed by atoms with Crippen molar-refractivity contribution < 1.29 is 14.3 Å². The van der Waals surface area contributed by atoms with Crippen molar-refractivity contribution in [1.29, 1.82) is 0 Å². The van der Waals surface area contributed by atoms with Crippen LogP contribution in [0.25, 0.3) is 0 Å². The van der Waals surface area contributed by atoms with Crippen LogP contribution in [-0.2, 0) is 0 Å². The zero-order chi connectivity index (χ0) is 21.7. The van der Waals surface area contributed by atoms with Gasteiger partial charge in [0.2, 0.25) is 0 Å². The fourth-order valence-electron chi connectivity index (χ4n) is 5.15. The Morgan fingerprint density at radius 2 is 1.87 bits per heavy atom. The van der Waals surface area contributed by atoms with Gasteiger partial charge in [-0.1, -0.05) is 26.3 Å². The van der Waals surface area contributed by atoms with Crippen LogP contribution in [0.4, 0.5) is 4.79 Å². The standard InChI is InChI=1S/C24H39N3O3/c1-17(2)23(18-11-12-21(29-4)22(15-18)30-5)25-24(28)26(3)16-19-9-8-14-27-13-7-6-10-20(19)27/h11-12,15,17,19-20,23H,6-10,13-14,16H2,1-5H3,(H,25,28)/t19-,20+,23+/m0/s1. The number of nitrogens with zero attached hydrogens (tertiary/aromatic N) is 2. The van der Waals surface area contributed by atoms with E-state index in [9.17, 15) is 4.79 Å². The molecule has 2 heterocycles. The fourth-order valence-corrected chi connectivity index (χ4v) is 5.15. The number of hydrogen-bond acceptors (Lipinski definition) is 4. The highest BCUT2D eigenvalue weighted by Crippen LogP contribution is 2.33. The van der Waals surface area contributed by atoms with Crippen LogP contribution in [0, 0.1) is 11.8 Å². The van der Waals surface area contributed by atoms with E-state index in [1.54, 1.807) is 14.2 Å². The van der Waals surface area contributed by atoms with Gasteiger partial charge in [-0.2, -0.15) is 0 Å². The molecule has 0 aromatic heterocycles. The highest BCUT2D eigenvalue weighted by molar-refractivity contribution is 5.74. The van der Waals surface area contributed by atoms with Crippen molar-refractivity contribution in [2.45, 2.75) is 58.0 Å². The molecule has 1 aromatic carbocycles. The largest absolute Gasteiger partial charge is 0.493 e. The third kappa shape index (κ3) is 5.20. The van der Waals surface area contributed by atoms with Crippen molar-refractivity contribution in [1.82, 2.24) is 15.1 Å². The molecule has 2 aliphatic rings. The molecule has 168 valence electrons. The lowest BCUT2D eigenvalue weighted by atomic mass is 9.83. The molecule has 0 radical (unpaired) electrons. The van der Waals surface area contributed by atoms with Crippen LogP contribution in [-0.4, -0.2) is 62.8 Å². The fraction of sp³-hybridized carbons (Fsp3) is 0.708. The van der Waals surface area contributed by atoms with Crippen molar-refractivity contribution >= 4 is 6.03 Å². The van der Waals surface area contributed by atoms with Gasteiger partial charge < -0.3 is 24.6 Å². The first-order valence-electron chi connectivity index (χ1n) is 11.4. The lowest BCUT2D eigenvalue weighted by molar-refractivity contribution is 0.0484. The van der Waals surface area contributed by atoms with E-state index in [-0.39, 0.29) is 18.0 Å². The van der Waals surface area contributed by atoms with E-state index in [1.165, 1.54) is 45.2 Å². The van der Waals surface area contributed by atoms with Gasteiger partial charge in [-0.25, -0.2) is 4.79 Å². The molecule has 1 aromatic rings. The number of urea groups is 1. The number of fused-ring (bicyclic) bond motifs is 1. The second-order valence-electron chi connectivity index (χ2n) is 9.17. The van der Waals surface area contributed by atoms with Crippen molar-refractivity contribution in [3.8, 4) is 11.5 Å². The molecular formula is C24H39N3O3. The Morgan fingerprint density at radius 3 is 2.57 bits per heavy atom. The summed E-state index contributed by atoms with van der Waals surface area (Å²) in [6, 6.07) is 6.43. The Bertz CT molecular complexity index is 707. The van der Waals surface area contributed by atoms with E-state index in [2.05, 4.69) is 24.1 Å². The van der Waals surface area contributed by atoms with Crippen LogP contribution >= 0.6 is 0 Å². The van der Waals surface area contributed by atoms with Crippen LogP contribution in [0.1, 0.15) is 57.6 Å². The number of piperidine rings is 2.